The summed E-state index contributed by atoms with van der Waals surface area (Å²) in [5.74, 6) is 0.921. The monoisotopic (exact) mass is 320 g/mol. The summed E-state index contributed by atoms with van der Waals surface area (Å²) in [5.41, 5.74) is 0.467. The van der Waals surface area contributed by atoms with Gasteiger partial charge in [0.25, 0.3) is 5.91 Å². The summed E-state index contributed by atoms with van der Waals surface area (Å²) in [6.45, 7) is 0.938. The molecule has 1 aromatic carbocycles. The molecule has 1 saturated carbocycles. The van der Waals surface area contributed by atoms with Gasteiger partial charge in [0.15, 0.2) is 0 Å². The lowest BCUT2D eigenvalue weighted by Gasteiger charge is -2.20. The molecule has 0 saturated heterocycles. The molecule has 6 nitrogen and oxygen atoms in total. The molecule has 1 heterocycles. The summed E-state index contributed by atoms with van der Waals surface area (Å²) < 4.78 is 5.53. The zero-order valence-electron chi connectivity index (χ0n) is 12.0. The Labute approximate surface area is 133 Å². The van der Waals surface area contributed by atoms with Crippen LogP contribution in [0.25, 0.3) is 0 Å². The summed E-state index contributed by atoms with van der Waals surface area (Å²) in [5, 5.41) is 14.2. The number of carbonyl (C=O) groups excluding carboxylic acids is 1. The van der Waals surface area contributed by atoms with E-state index in [2.05, 4.69) is 20.8 Å². The molecule has 2 aromatic rings. The van der Waals surface area contributed by atoms with Crippen LogP contribution in [-0.4, -0.2) is 29.2 Å². The molecular weight excluding hydrogens is 304 g/mol. The molecule has 3 rings (SSSR count). The average Bonchev–Trinajstić information content (AvgIpc) is 2.90. The van der Waals surface area contributed by atoms with Crippen molar-refractivity contribution in [3.8, 4) is 0 Å². The topological polar surface area (TPSA) is 80.0 Å². The van der Waals surface area contributed by atoms with Crippen LogP contribution >= 0.6 is 11.6 Å². The molecule has 0 aliphatic heterocycles. The van der Waals surface area contributed by atoms with Crippen LogP contribution in [-0.2, 0) is 0 Å². The zero-order chi connectivity index (χ0) is 15.4. The Morgan fingerprint density at radius 2 is 2.09 bits per heavy atom. The van der Waals surface area contributed by atoms with Crippen molar-refractivity contribution in [1.29, 1.82) is 0 Å². The van der Waals surface area contributed by atoms with E-state index >= 15 is 0 Å². The molecule has 1 aliphatic rings. The Bertz CT molecular complexity index is 654. The highest BCUT2D eigenvalue weighted by atomic mass is 35.5. The summed E-state index contributed by atoms with van der Waals surface area (Å²) in [7, 11) is 0. The number of aromatic nitrogens is 2. The maximum Gasteiger partial charge on any atom is 0.315 e. The van der Waals surface area contributed by atoms with Crippen molar-refractivity contribution in [2.45, 2.75) is 25.2 Å². The zero-order valence-corrected chi connectivity index (χ0v) is 12.8. The fraction of sp³-hybridized carbons (Fsp3) is 0.400. The van der Waals surface area contributed by atoms with Crippen molar-refractivity contribution in [2.75, 3.05) is 18.4 Å². The smallest absolute Gasteiger partial charge is 0.315 e. The average molecular weight is 321 g/mol. The molecule has 1 fully saturated rings. The van der Waals surface area contributed by atoms with Crippen molar-refractivity contribution >= 4 is 23.5 Å². The largest absolute Gasteiger partial charge is 0.408 e. The minimum Gasteiger partial charge on any atom is -0.408 e. The van der Waals surface area contributed by atoms with Crippen LogP contribution in [0.4, 0.5) is 6.01 Å². The summed E-state index contributed by atoms with van der Waals surface area (Å²) in [4.78, 5) is 11.9. The first-order valence-electron chi connectivity index (χ1n) is 7.34. The Kier molecular flexibility index (Phi) is 4.58. The van der Waals surface area contributed by atoms with Crippen LogP contribution in [0, 0.1) is 0 Å². The van der Waals surface area contributed by atoms with Crippen molar-refractivity contribution in [3.63, 3.8) is 0 Å². The highest BCUT2D eigenvalue weighted by Gasteiger charge is 2.25. The van der Waals surface area contributed by atoms with Gasteiger partial charge < -0.3 is 15.1 Å². The van der Waals surface area contributed by atoms with Crippen LogP contribution in [0.1, 0.15) is 41.4 Å². The number of hydrogen-bond acceptors (Lipinski definition) is 5. The van der Waals surface area contributed by atoms with Crippen molar-refractivity contribution in [1.82, 2.24) is 15.5 Å². The first kappa shape index (κ1) is 14.8. The van der Waals surface area contributed by atoms with Crippen LogP contribution in [0.15, 0.2) is 28.7 Å². The molecule has 0 spiro atoms. The predicted molar refractivity (Wildman–Crippen MR) is 83.2 cm³/mol. The molecule has 0 unspecified atom stereocenters. The Morgan fingerprint density at radius 1 is 1.27 bits per heavy atom. The second-order valence-electron chi connectivity index (χ2n) is 5.24. The molecular formula is C15H17ClN4O2. The Hall–Kier alpha value is -2.08. The molecule has 1 amide bonds. The first-order chi connectivity index (χ1) is 10.7. The highest BCUT2D eigenvalue weighted by Crippen LogP contribution is 2.35. The fourth-order valence-electron chi connectivity index (χ4n) is 2.21. The highest BCUT2D eigenvalue weighted by molar-refractivity contribution is 6.33. The summed E-state index contributed by atoms with van der Waals surface area (Å²) >= 11 is 5.97. The van der Waals surface area contributed by atoms with E-state index in [4.69, 9.17) is 16.0 Å². The van der Waals surface area contributed by atoms with Crippen LogP contribution in [0.5, 0.6) is 0 Å². The van der Waals surface area contributed by atoms with E-state index in [0.717, 1.165) is 12.8 Å². The number of nitrogens with one attached hydrogen (secondary N) is 2. The molecule has 0 radical (unpaired) electrons. The number of anilines is 1. The van der Waals surface area contributed by atoms with Gasteiger partial charge in [-0.15, -0.1) is 5.10 Å². The van der Waals surface area contributed by atoms with E-state index in [-0.39, 0.29) is 5.91 Å². The number of hydrogen-bond donors (Lipinski definition) is 2. The van der Waals surface area contributed by atoms with Gasteiger partial charge in [-0.05, 0) is 25.0 Å². The third-order valence-corrected chi connectivity index (χ3v) is 4.03. The first-order valence-corrected chi connectivity index (χ1v) is 7.72. The number of rotatable bonds is 6. The molecule has 2 N–H and O–H groups in total. The minimum absolute atomic E-state index is 0.201. The van der Waals surface area contributed by atoms with E-state index in [1.165, 1.54) is 6.42 Å². The third-order valence-electron chi connectivity index (χ3n) is 3.70. The lowest BCUT2D eigenvalue weighted by atomic mass is 9.85. The molecule has 0 atom stereocenters. The van der Waals surface area contributed by atoms with E-state index in [1.54, 1.807) is 24.3 Å². The van der Waals surface area contributed by atoms with Gasteiger partial charge in [-0.25, -0.2) is 0 Å². The molecule has 1 aliphatic carbocycles. The summed E-state index contributed by atoms with van der Waals surface area (Å²) in [6, 6.07) is 7.34. The molecule has 1 aromatic heterocycles. The minimum atomic E-state index is -0.201. The van der Waals surface area contributed by atoms with Crippen LogP contribution < -0.4 is 10.6 Å². The van der Waals surface area contributed by atoms with Crippen LogP contribution in [0.3, 0.4) is 0 Å². The van der Waals surface area contributed by atoms with E-state index < -0.39 is 0 Å². The van der Waals surface area contributed by atoms with Crippen molar-refractivity contribution < 1.29 is 9.21 Å². The lowest BCUT2D eigenvalue weighted by Crippen LogP contribution is -2.29. The van der Waals surface area contributed by atoms with Crippen molar-refractivity contribution in [2.24, 2.45) is 0 Å². The van der Waals surface area contributed by atoms with Gasteiger partial charge >= 0.3 is 6.01 Å². The number of nitrogens with zero attached hydrogens (tertiary/aromatic N) is 2. The van der Waals surface area contributed by atoms with Gasteiger partial charge in [-0.3, -0.25) is 4.79 Å². The normalized spacial score (nSPS) is 14.4. The number of halogens is 1. The summed E-state index contributed by atoms with van der Waals surface area (Å²) in [6.07, 6.45) is 3.47. The molecule has 116 valence electrons. The van der Waals surface area contributed by atoms with E-state index in [9.17, 15) is 4.79 Å². The van der Waals surface area contributed by atoms with Crippen LogP contribution in [0.2, 0.25) is 5.02 Å². The van der Waals surface area contributed by atoms with Gasteiger partial charge in [-0.1, -0.05) is 35.3 Å². The second kappa shape index (κ2) is 6.79. The maximum atomic E-state index is 11.9. The van der Waals surface area contributed by atoms with E-state index in [1.807, 2.05) is 0 Å². The van der Waals surface area contributed by atoms with Gasteiger partial charge in [0, 0.05) is 19.0 Å². The Morgan fingerprint density at radius 3 is 2.82 bits per heavy atom. The fourth-order valence-corrected chi connectivity index (χ4v) is 2.43. The van der Waals surface area contributed by atoms with Crippen molar-refractivity contribution in [3.05, 3.63) is 40.7 Å². The Balaban J connectivity index is 1.42. The molecule has 0 bridgehead atoms. The van der Waals surface area contributed by atoms with Gasteiger partial charge in [-0.2, -0.15) is 0 Å². The SMILES string of the molecule is O=C(NCCNc1nnc(C2CCC2)o1)c1ccccc1Cl. The van der Waals surface area contributed by atoms with Gasteiger partial charge in [0.05, 0.1) is 10.6 Å². The standard InChI is InChI=1S/C15H17ClN4O2/c16-12-7-2-1-6-11(12)13(21)17-8-9-18-15-20-19-14(22-15)10-4-3-5-10/h1-2,6-7,10H,3-5,8-9H2,(H,17,21)(H,18,20). The lowest BCUT2D eigenvalue weighted by molar-refractivity contribution is 0.0955. The number of amides is 1. The second-order valence-corrected chi connectivity index (χ2v) is 5.64. The number of benzene rings is 1. The quantitative estimate of drug-likeness (QED) is 0.800. The molecule has 7 heteroatoms. The third kappa shape index (κ3) is 3.39. The molecule has 22 heavy (non-hydrogen) atoms. The van der Waals surface area contributed by atoms with E-state index in [0.29, 0.717) is 41.5 Å². The predicted octanol–water partition coefficient (Wildman–Crippen LogP) is 2.83. The van der Waals surface area contributed by atoms with Gasteiger partial charge in [0.1, 0.15) is 0 Å². The number of carbonyl (C=O) groups is 1. The van der Waals surface area contributed by atoms with Gasteiger partial charge in [0.2, 0.25) is 5.89 Å². The maximum absolute atomic E-state index is 11.9.